The molecule has 0 saturated carbocycles. The minimum Gasteiger partial charge on any atom is -0.472 e. The number of nitrogens with zero attached hydrogens (tertiary/aromatic N) is 7. The molecular weight excluding hydrogens is 668 g/mol. The van der Waals surface area contributed by atoms with Crippen LogP contribution in [0.5, 0.6) is 11.9 Å². The molecule has 0 N–H and O–H groups in total. The van der Waals surface area contributed by atoms with Crippen LogP contribution in [0, 0.1) is 18.2 Å². The molecule has 0 aliphatic carbocycles. The SMILES string of the molecule is C#Cc1cccc2cncc(-c3nc4c5c(nc(OC[C@@]67CCCN6C[C@H](F)C7)nc5c3F)N3C[C@H]5CC[C@@H]([C@H]3[C@H](C)O4)N5C(=O)OC(C)(C)C)c12. The first-order chi connectivity index (χ1) is 24.9. The smallest absolute Gasteiger partial charge is 0.410 e. The van der Waals surface area contributed by atoms with Crippen molar-refractivity contribution < 1.29 is 27.8 Å². The summed E-state index contributed by atoms with van der Waals surface area (Å²) in [7, 11) is 0. The zero-order chi connectivity index (χ0) is 36.1. The molecule has 6 atom stereocenters. The predicted molar refractivity (Wildman–Crippen MR) is 191 cm³/mol. The number of amides is 1. The van der Waals surface area contributed by atoms with Gasteiger partial charge in [0.2, 0.25) is 5.88 Å². The van der Waals surface area contributed by atoms with Crippen LogP contribution in [0.15, 0.2) is 30.6 Å². The average molecular weight is 710 g/mol. The minimum absolute atomic E-state index is 0.0105. The fourth-order valence-corrected chi connectivity index (χ4v) is 9.44. The molecule has 11 nitrogen and oxygen atoms in total. The molecule has 2 bridgehead atoms. The Morgan fingerprint density at radius 2 is 2.00 bits per heavy atom. The number of benzene rings is 1. The van der Waals surface area contributed by atoms with Crippen LogP contribution in [0.1, 0.15) is 65.4 Å². The minimum atomic E-state index is -0.932. The highest BCUT2D eigenvalue weighted by atomic mass is 19.1. The largest absolute Gasteiger partial charge is 0.472 e. The normalized spacial score (nSPS) is 28.0. The van der Waals surface area contributed by atoms with Crippen molar-refractivity contribution >= 4 is 33.6 Å². The number of carbonyl (C=O) groups is 1. The van der Waals surface area contributed by atoms with Crippen molar-refractivity contribution in [1.82, 2.24) is 29.7 Å². The van der Waals surface area contributed by atoms with E-state index < -0.39 is 29.2 Å². The maximum absolute atomic E-state index is 17.3. The third kappa shape index (κ3) is 5.12. The Hall–Kier alpha value is -4.83. The lowest BCUT2D eigenvalue weighted by molar-refractivity contribution is 0.000937. The van der Waals surface area contributed by atoms with Crippen molar-refractivity contribution in [2.45, 2.75) is 101 Å². The first-order valence-electron chi connectivity index (χ1n) is 18.2. The maximum Gasteiger partial charge on any atom is 0.410 e. The second-order valence-corrected chi connectivity index (χ2v) is 15.9. The lowest BCUT2D eigenvalue weighted by atomic mass is 9.95. The molecule has 1 aromatic carbocycles. The van der Waals surface area contributed by atoms with Crippen molar-refractivity contribution in [3.63, 3.8) is 0 Å². The van der Waals surface area contributed by atoms with Crippen LogP contribution in [-0.4, -0.2) is 104 Å². The molecule has 4 aromatic rings. The quantitative estimate of drug-likeness (QED) is 0.233. The van der Waals surface area contributed by atoms with E-state index in [9.17, 15) is 9.18 Å². The fraction of sp³-hybridized carbons (Fsp3) is 0.513. The molecule has 4 saturated heterocycles. The number of carbonyl (C=O) groups excluding carboxylic acids is 1. The number of hydrogen-bond acceptors (Lipinski definition) is 10. The van der Waals surface area contributed by atoms with Crippen molar-refractivity contribution in [3.8, 4) is 35.5 Å². The van der Waals surface area contributed by atoms with Gasteiger partial charge in [0.1, 0.15) is 46.9 Å². The van der Waals surface area contributed by atoms with Gasteiger partial charge in [0.25, 0.3) is 0 Å². The van der Waals surface area contributed by atoms with Gasteiger partial charge in [-0.2, -0.15) is 9.97 Å². The number of ether oxygens (including phenoxy) is 3. The number of fused-ring (bicyclic) bond motifs is 7. The van der Waals surface area contributed by atoms with Gasteiger partial charge < -0.3 is 19.1 Å². The Kier molecular flexibility index (Phi) is 7.53. The molecule has 4 fully saturated rings. The molecule has 0 spiro atoms. The Bertz CT molecular complexity index is 2170. The fourth-order valence-electron chi connectivity index (χ4n) is 9.44. The standard InChI is InChI=1S/C39H41F2N7O4/c1-6-22-9-7-10-23-16-42-17-26(28(22)23)31-30(41)32-29-34(45-36(44-32)50-20-39-13-8-14-46(39)18-24(40)15-39)47-19-25-11-12-27(33(47)21(2)51-35(29)43-31)48(25)37(49)52-38(3,4)5/h1,7,9-10,16-17,21,24-25,27,33H,8,11-15,18-20H2,2-5H3/t21-,24+,25+,27-,33+,39-/m0/s1. The molecule has 13 heteroatoms. The lowest BCUT2D eigenvalue weighted by Crippen LogP contribution is -2.65. The first kappa shape index (κ1) is 33.0. The maximum atomic E-state index is 17.3. The third-order valence-electron chi connectivity index (χ3n) is 11.5. The third-order valence-corrected chi connectivity index (χ3v) is 11.5. The number of terminal acetylenes is 1. The molecule has 5 aliphatic rings. The van der Waals surface area contributed by atoms with Gasteiger partial charge in [0.15, 0.2) is 5.82 Å². The number of piperazine rings is 1. The van der Waals surface area contributed by atoms with Gasteiger partial charge in [-0.05, 0) is 66.0 Å². The molecule has 270 valence electrons. The van der Waals surface area contributed by atoms with E-state index in [2.05, 4.69) is 20.7 Å². The van der Waals surface area contributed by atoms with Crippen LogP contribution < -0.4 is 14.4 Å². The van der Waals surface area contributed by atoms with Crippen LogP contribution in [0.4, 0.5) is 19.4 Å². The number of hydrogen-bond donors (Lipinski definition) is 0. The molecule has 3 aromatic heterocycles. The Balaban J connectivity index is 1.21. The van der Waals surface area contributed by atoms with E-state index >= 15 is 4.39 Å². The molecule has 5 aliphatic heterocycles. The van der Waals surface area contributed by atoms with E-state index in [1.807, 2.05) is 44.7 Å². The van der Waals surface area contributed by atoms with Crippen molar-refractivity contribution in [1.29, 1.82) is 0 Å². The zero-order valence-electron chi connectivity index (χ0n) is 29.7. The number of pyridine rings is 2. The van der Waals surface area contributed by atoms with E-state index in [0.29, 0.717) is 47.2 Å². The van der Waals surface area contributed by atoms with Gasteiger partial charge in [0, 0.05) is 53.8 Å². The van der Waals surface area contributed by atoms with Gasteiger partial charge >= 0.3 is 12.1 Å². The summed E-state index contributed by atoms with van der Waals surface area (Å²) >= 11 is 0. The van der Waals surface area contributed by atoms with Crippen LogP contribution in [-0.2, 0) is 4.74 Å². The molecule has 1 amide bonds. The van der Waals surface area contributed by atoms with Gasteiger partial charge in [-0.3, -0.25) is 14.8 Å². The molecule has 52 heavy (non-hydrogen) atoms. The number of aromatic nitrogens is 4. The Morgan fingerprint density at radius 1 is 1.15 bits per heavy atom. The van der Waals surface area contributed by atoms with E-state index in [1.54, 1.807) is 18.5 Å². The summed E-state index contributed by atoms with van der Waals surface area (Å²) in [5.74, 6) is 2.62. The second kappa shape index (κ2) is 11.8. The summed E-state index contributed by atoms with van der Waals surface area (Å²) in [6, 6.07) is 4.70. The molecular formula is C39H41F2N7O4. The summed E-state index contributed by atoms with van der Waals surface area (Å²) in [5, 5.41) is 1.69. The summed E-state index contributed by atoms with van der Waals surface area (Å²) in [6.07, 6.45) is 11.0. The first-order valence-corrected chi connectivity index (χ1v) is 18.2. The van der Waals surface area contributed by atoms with Crippen molar-refractivity contribution in [3.05, 3.63) is 42.0 Å². The molecule has 0 radical (unpaired) electrons. The number of rotatable bonds is 4. The average Bonchev–Trinajstić information content (AvgIpc) is 3.72. The number of alkyl halides is 1. The van der Waals surface area contributed by atoms with Gasteiger partial charge in [0.05, 0.1) is 23.7 Å². The second-order valence-electron chi connectivity index (χ2n) is 15.9. The Morgan fingerprint density at radius 3 is 2.81 bits per heavy atom. The number of anilines is 1. The van der Waals surface area contributed by atoms with Gasteiger partial charge in [-0.25, -0.2) is 18.6 Å². The summed E-state index contributed by atoms with van der Waals surface area (Å²) < 4.78 is 50.9. The highest BCUT2D eigenvalue weighted by molar-refractivity contribution is 6.03. The van der Waals surface area contributed by atoms with Crippen LogP contribution in [0.2, 0.25) is 0 Å². The van der Waals surface area contributed by atoms with Crippen LogP contribution in [0.25, 0.3) is 32.9 Å². The van der Waals surface area contributed by atoms with Gasteiger partial charge in [-0.1, -0.05) is 18.1 Å². The highest BCUT2D eigenvalue weighted by Gasteiger charge is 2.54. The van der Waals surface area contributed by atoms with Crippen molar-refractivity contribution in [2.75, 3.05) is 31.1 Å². The predicted octanol–water partition coefficient (Wildman–Crippen LogP) is 6.05. The molecule has 8 heterocycles. The Labute approximate surface area is 300 Å². The highest BCUT2D eigenvalue weighted by Crippen LogP contribution is 2.47. The van der Waals surface area contributed by atoms with Crippen molar-refractivity contribution in [2.24, 2.45) is 0 Å². The van der Waals surface area contributed by atoms with E-state index in [4.69, 9.17) is 35.6 Å². The van der Waals surface area contributed by atoms with E-state index in [0.717, 1.165) is 37.6 Å². The molecule has 0 unspecified atom stereocenters. The number of halogens is 2. The topological polar surface area (TPSA) is 106 Å². The van der Waals surface area contributed by atoms with E-state index in [-0.39, 0.29) is 53.9 Å². The summed E-state index contributed by atoms with van der Waals surface area (Å²) in [4.78, 5) is 38.7. The van der Waals surface area contributed by atoms with Crippen LogP contribution >= 0.6 is 0 Å². The molecule has 9 rings (SSSR count). The van der Waals surface area contributed by atoms with Crippen LogP contribution in [0.3, 0.4) is 0 Å². The summed E-state index contributed by atoms with van der Waals surface area (Å²) in [5.41, 5.74) is -0.179. The zero-order valence-corrected chi connectivity index (χ0v) is 29.7. The lowest BCUT2D eigenvalue weighted by Gasteiger charge is -2.48. The van der Waals surface area contributed by atoms with E-state index in [1.165, 1.54) is 0 Å². The summed E-state index contributed by atoms with van der Waals surface area (Å²) in [6.45, 7) is 9.29. The van der Waals surface area contributed by atoms with Gasteiger partial charge in [-0.15, -0.1) is 6.42 Å². The monoisotopic (exact) mass is 709 g/mol.